The fourth-order valence-electron chi connectivity index (χ4n) is 3.67. The van der Waals surface area contributed by atoms with Crippen LogP contribution in [0.25, 0.3) is 5.65 Å². The molecule has 0 unspecified atom stereocenters. The standard InChI is InChI=1S/C23H26N4O3/c1-16-7-6-8-21-25-20(15-27(16)21)23(29)30-17(2)22(28)24-18-9-11-19(12-10-18)26-13-4-3-5-14-26/h6-12,15,17H,3-5,13-14H2,1-2H3,(H,24,28)/t17-/m1/s1. The van der Waals surface area contributed by atoms with Crippen molar-refractivity contribution in [2.75, 3.05) is 23.3 Å². The molecule has 7 nitrogen and oxygen atoms in total. The van der Waals surface area contributed by atoms with Crippen LogP contribution in [0.4, 0.5) is 11.4 Å². The monoisotopic (exact) mass is 406 g/mol. The lowest BCUT2D eigenvalue weighted by Crippen LogP contribution is -2.30. The van der Waals surface area contributed by atoms with E-state index in [1.807, 2.05) is 53.8 Å². The predicted octanol–water partition coefficient (Wildman–Crippen LogP) is 3.82. The zero-order chi connectivity index (χ0) is 21.1. The van der Waals surface area contributed by atoms with E-state index in [1.165, 1.54) is 19.3 Å². The number of carbonyl (C=O) groups is 2. The smallest absolute Gasteiger partial charge is 0.359 e. The summed E-state index contributed by atoms with van der Waals surface area (Å²) < 4.78 is 7.13. The number of nitrogens with zero attached hydrogens (tertiary/aromatic N) is 3. The number of piperidine rings is 1. The second-order valence-electron chi connectivity index (χ2n) is 7.65. The van der Waals surface area contributed by atoms with E-state index in [1.54, 1.807) is 13.1 Å². The fraction of sp³-hybridized carbons (Fsp3) is 0.348. The van der Waals surface area contributed by atoms with Gasteiger partial charge in [-0.1, -0.05) is 6.07 Å². The normalized spacial score (nSPS) is 15.1. The van der Waals surface area contributed by atoms with Crippen LogP contribution in [0.1, 0.15) is 42.4 Å². The molecule has 1 aliphatic heterocycles. The molecule has 0 radical (unpaired) electrons. The van der Waals surface area contributed by atoms with Crippen LogP contribution in [-0.4, -0.2) is 40.5 Å². The molecule has 3 aromatic rings. The number of imidazole rings is 1. The summed E-state index contributed by atoms with van der Waals surface area (Å²) in [4.78, 5) is 31.5. The van der Waals surface area contributed by atoms with Gasteiger partial charge in [0.1, 0.15) is 5.65 Å². The number of aromatic nitrogens is 2. The van der Waals surface area contributed by atoms with Gasteiger partial charge in [-0.15, -0.1) is 0 Å². The molecular formula is C23H26N4O3. The van der Waals surface area contributed by atoms with Gasteiger partial charge in [0.15, 0.2) is 11.8 Å². The number of pyridine rings is 1. The fourth-order valence-corrected chi connectivity index (χ4v) is 3.67. The van der Waals surface area contributed by atoms with Gasteiger partial charge in [0.2, 0.25) is 0 Å². The number of rotatable bonds is 5. The van der Waals surface area contributed by atoms with Crippen molar-refractivity contribution >= 4 is 28.9 Å². The van der Waals surface area contributed by atoms with Gasteiger partial charge in [-0.05, 0) is 69.5 Å². The maximum atomic E-state index is 12.5. The van der Waals surface area contributed by atoms with E-state index < -0.39 is 12.1 Å². The summed E-state index contributed by atoms with van der Waals surface area (Å²) in [6.07, 6.45) is 4.40. The summed E-state index contributed by atoms with van der Waals surface area (Å²) in [5.74, 6) is -1.00. The maximum Gasteiger partial charge on any atom is 0.359 e. The number of amides is 1. The Morgan fingerprint density at radius 3 is 2.50 bits per heavy atom. The summed E-state index contributed by atoms with van der Waals surface area (Å²) >= 11 is 0. The topological polar surface area (TPSA) is 75.9 Å². The van der Waals surface area contributed by atoms with Crippen molar-refractivity contribution in [3.8, 4) is 0 Å². The average molecular weight is 406 g/mol. The van der Waals surface area contributed by atoms with Crippen molar-refractivity contribution in [2.24, 2.45) is 0 Å². The Balaban J connectivity index is 1.36. The van der Waals surface area contributed by atoms with Gasteiger partial charge in [-0.2, -0.15) is 0 Å². The first-order valence-electron chi connectivity index (χ1n) is 10.3. The van der Waals surface area contributed by atoms with Gasteiger partial charge in [0.25, 0.3) is 5.91 Å². The number of ether oxygens (including phenoxy) is 1. The molecule has 0 aliphatic carbocycles. The Kier molecular flexibility index (Phi) is 5.70. The predicted molar refractivity (Wildman–Crippen MR) is 116 cm³/mol. The van der Waals surface area contributed by atoms with Crippen LogP contribution in [0.5, 0.6) is 0 Å². The van der Waals surface area contributed by atoms with E-state index >= 15 is 0 Å². The molecule has 156 valence electrons. The van der Waals surface area contributed by atoms with Gasteiger partial charge in [0.05, 0.1) is 0 Å². The lowest BCUT2D eigenvalue weighted by atomic mass is 10.1. The number of nitrogens with one attached hydrogen (secondary N) is 1. The molecule has 4 rings (SSSR count). The zero-order valence-corrected chi connectivity index (χ0v) is 17.3. The van der Waals surface area contributed by atoms with Crippen molar-refractivity contribution in [3.05, 3.63) is 60.0 Å². The lowest BCUT2D eigenvalue weighted by molar-refractivity contribution is -0.123. The molecule has 1 amide bonds. The average Bonchev–Trinajstić information content (AvgIpc) is 3.21. The zero-order valence-electron chi connectivity index (χ0n) is 17.3. The van der Waals surface area contributed by atoms with E-state index in [-0.39, 0.29) is 11.6 Å². The first-order valence-corrected chi connectivity index (χ1v) is 10.3. The van der Waals surface area contributed by atoms with E-state index in [4.69, 9.17) is 4.74 Å². The number of carbonyl (C=O) groups excluding carboxylic acids is 2. The summed E-state index contributed by atoms with van der Waals surface area (Å²) in [6, 6.07) is 13.4. The SMILES string of the molecule is Cc1cccc2nc(C(=O)O[C@H](C)C(=O)Nc3ccc(N4CCCCC4)cc3)cn12. The van der Waals surface area contributed by atoms with Gasteiger partial charge >= 0.3 is 5.97 Å². The number of esters is 1. The minimum atomic E-state index is -0.940. The van der Waals surface area contributed by atoms with Crippen LogP contribution >= 0.6 is 0 Å². The van der Waals surface area contributed by atoms with Gasteiger partial charge in [0, 0.05) is 36.4 Å². The lowest BCUT2D eigenvalue weighted by Gasteiger charge is -2.28. The molecule has 0 bridgehead atoms. The molecule has 0 spiro atoms. The molecule has 30 heavy (non-hydrogen) atoms. The molecule has 7 heteroatoms. The number of benzene rings is 1. The molecule has 0 saturated carbocycles. The Morgan fingerprint density at radius 1 is 1.07 bits per heavy atom. The van der Waals surface area contributed by atoms with Crippen molar-refractivity contribution in [2.45, 2.75) is 39.2 Å². The van der Waals surface area contributed by atoms with E-state index in [0.717, 1.165) is 24.5 Å². The number of hydrogen-bond donors (Lipinski definition) is 1. The molecule has 1 saturated heterocycles. The van der Waals surface area contributed by atoms with Crippen LogP contribution in [0.15, 0.2) is 48.7 Å². The maximum absolute atomic E-state index is 12.5. The number of fused-ring (bicyclic) bond motifs is 1. The minimum Gasteiger partial charge on any atom is -0.448 e. The second-order valence-corrected chi connectivity index (χ2v) is 7.65. The number of hydrogen-bond acceptors (Lipinski definition) is 5. The molecule has 1 N–H and O–H groups in total. The Morgan fingerprint density at radius 2 is 1.80 bits per heavy atom. The van der Waals surface area contributed by atoms with Gasteiger partial charge < -0.3 is 19.4 Å². The Bertz CT molecular complexity index is 1050. The summed E-state index contributed by atoms with van der Waals surface area (Å²) in [7, 11) is 0. The van der Waals surface area contributed by atoms with Gasteiger partial charge in [-0.3, -0.25) is 4.79 Å². The molecule has 1 fully saturated rings. The highest BCUT2D eigenvalue weighted by molar-refractivity contribution is 5.97. The Labute approximate surface area is 175 Å². The highest BCUT2D eigenvalue weighted by Crippen LogP contribution is 2.22. The third-order valence-corrected chi connectivity index (χ3v) is 5.41. The van der Waals surface area contributed by atoms with Crippen molar-refractivity contribution in [1.29, 1.82) is 0 Å². The summed E-state index contributed by atoms with van der Waals surface area (Å²) in [6.45, 7) is 5.62. The Hall–Kier alpha value is -3.35. The highest BCUT2D eigenvalue weighted by atomic mass is 16.5. The molecule has 2 aromatic heterocycles. The first kappa shape index (κ1) is 19.9. The van der Waals surface area contributed by atoms with Crippen LogP contribution in [0, 0.1) is 6.92 Å². The van der Waals surface area contributed by atoms with Crippen LogP contribution in [-0.2, 0) is 9.53 Å². The summed E-state index contributed by atoms with van der Waals surface area (Å²) in [5.41, 5.74) is 3.63. The summed E-state index contributed by atoms with van der Waals surface area (Å²) in [5, 5.41) is 2.80. The minimum absolute atomic E-state index is 0.176. The number of anilines is 2. The highest BCUT2D eigenvalue weighted by Gasteiger charge is 2.21. The van der Waals surface area contributed by atoms with Gasteiger partial charge in [-0.25, -0.2) is 9.78 Å². The van der Waals surface area contributed by atoms with Crippen molar-refractivity contribution in [3.63, 3.8) is 0 Å². The third kappa shape index (κ3) is 4.30. The molecular weight excluding hydrogens is 380 g/mol. The van der Waals surface area contributed by atoms with E-state index in [0.29, 0.717) is 11.3 Å². The van der Waals surface area contributed by atoms with Crippen molar-refractivity contribution < 1.29 is 14.3 Å². The molecule has 1 atom stereocenters. The molecule has 1 aromatic carbocycles. The third-order valence-electron chi connectivity index (χ3n) is 5.41. The van der Waals surface area contributed by atoms with Crippen LogP contribution in [0.3, 0.4) is 0 Å². The van der Waals surface area contributed by atoms with Crippen LogP contribution < -0.4 is 10.2 Å². The van der Waals surface area contributed by atoms with Crippen molar-refractivity contribution in [1.82, 2.24) is 9.38 Å². The molecule has 1 aliphatic rings. The first-order chi connectivity index (χ1) is 14.5. The second kappa shape index (κ2) is 8.57. The number of aryl methyl sites for hydroxylation is 1. The van der Waals surface area contributed by atoms with Crippen LogP contribution in [0.2, 0.25) is 0 Å². The van der Waals surface area contributed by atoms with E-state index in [9.17, 15) is 9.59 Å². The largest absolute Gasteiger partial charge is 0.448 e. The van der Waals surface area contributed by atoms with E-state index in [2.05, 4.69) is 15.2 Å². The quantitative estimate of drug-likeness (QED) is 0.652. The molecule has 3 heterocycles.